The monoisotopic (exact) mass is 635 g/mol. The summed E-state index contributed by atoms with van der Waals surface area (Å²) in [5, 5.41) is 0.277. The Morgan fingerprint density at radius 3 is 2.37 bits per heavy atom. The largest absolute Gasteiger partial charge is 0.490 e. The van der Waals surface area contributed by atoms with E-state index in [1.54, 1.807) is 36.4 Å². The standard InChI is InChI=1S/C26H20Br2ClNO4S/c1-2-33-20-12-18(22(27)23(28)24(20)34-15-17-6-4-3-5-7-17)13-21-25(31)30(26(32)35-21)14-16-8-10-19(29)11-9-16/h3-13H,2,14-15H2,1H3/b21-13-. The van der Waals surface area contributed by atoms with Crippen molar-refractivity contribution in [3.8, 4) is 11.5 Å². The molecule has 180 valence electrons. The van der Waals surface area contributed by atoms with E-state index in [0.29, 0.717) is 49.1 Å². The summed E-state index contributed by atoms with van der Waals surface area (Å²) in [5.74, 6) is 0.737. The zero-order valence-electron chi connectivity index (χ0n) is 18.6. The van der Waals surface area contributed by atoms with Crippen LogP contribution in [0, 0.1) is 0 Å². The molecule has 0 unspecified atom stereocenters. The first-order valence-electron chi connectivity index (χ1n) is 10.7. The average molecular weight is 638 g/mol. The molecule has 0 spiro atoms. The smallest absolute Gasteiger partial charge is 0.293 e. The summed E-state index contributed by atoms with van der Waals surface area (Å²) in [5.41, 5.74) is 2.53. The molecule has 2 amide bonds. The van der Waals surface area contributed by atoms with Crippen LogP contribution in [0.25, 0.3) is 6.08 Å². The molecule has 0 N–H and O–H groups in total. The highest BCUT2D eigenvalue weighted by Gasteiger charge is 2.35. The van der Waals surface area contributed by atoms with Gasteiger partial charge in [0, 0.05) is 9.50 Å². The number of ether oxygens (including phenoxy) is 2. The molecule has 0 saturated carbocycles. The molecule has 5 nitrogen and oxygen atoms in total. The number of rotatable bonds is 8. The Hall–Kier alpha value is -2.26. The first-order chi connectivity index (χ1) is 16.9. The minimum Gasteiger partial charge on any atom is -0.490 e. The molecule has 1 saturated heterocycles. The number of halogens is 3. The molecule has 1 aliphatic rings. The Balaban J connectivity index is 1.60. The molecule has 4 rings (SSSR count). The van der Waals surface area contributed by atoms with E-state index >= 15 is 0 Å². The van der Waals surface area contributed by atoms with Crippen molar-refractivity contribution in [1.82, 2.24) is 4.90 Å². The van der Waals surface area contributed by atoms with Crippen LogP contribution in [0.5, 0.6) is 11.5 Å². The lowest BCUT2D eigenvalue weighted by Crippen LogP contribution is -2.27. The molecule has 9 heteroatoms. The van der Waals surface area contributed by atoms with Crippen molar-refractivity contribution in [3.63, 3.8) is 0 Å². The quantitative estimate of drug-likeness (QED) is 0.234. The highest BCUT2D eigenvalue weighted by atomic mass is 79.9. The lowest BCUT2D eigenvalue weighted by Gasteiger charge is -2.17. The van der Waals surface area contributed by atoms with E-state index in [1.807, 2.05) is 37.3 Å². The van der Waals surface area contributed by atoms with Crippen molar-refractivity contribution >= 4 is 72.4 Å². The molecule has 0 bridgehead atoms. The maximum Gasteiger partial charge on any atom is 0.293 e. The summed E-state index contributed by atoms with van der Waals surface area (Å²) in [7, 11) is 0. The molecule has 35 heavy (non-hydrogen) atoms. The van der Waals surface area contributed by atoms with Gasteiger partial charge in [0.2, 0.25) is 0 Å². The minimum absolute atomic E-state index is 0.181. The van der Waals surface area contributed by atoms with Gasteiger partial charge >= 0.3 is 0 Å². The average Bonchev–Trinajstić information content (AvgIpc) is 3.11. The number of benzene rings is 3. The van der Waals surface area contributed by atoms with Gasteiger partial charge in [-0.2, -0.15) is 0 Å². The number of amides is 2. The van der Waals surface area contributed by atoms with Gasteiger partial charge in [-0.05, 0) is 91.5 Å². The van der Waals surface area contributed by atoms with E-state index in [0.717, 1.165) is 22.9 Å². The Labute approximate surface area is 229 Å². The van der Waals surface area contributed by atoms with Crippen LogP contribution in [0.2, 0.25) is 5.02 Å². The van der Waals surface area contributed by atoms with Gasteiger partial charge in [-0.3, -0.25) is 14.5 Å². The topological polar surface area (TPSA) is 55.8 Å². The van der Waals surface area contributed by atoms with Gasteiger partial charge in [0.15, 0.2) is 11.5 Å². The third-order valence-electron chi connectivity index (χ3n) is 5.10. The van der Waals surface area contributed by atoms with Crippen molar-refractivity contribution in [2.24, 2.45) is 0 Å². The third-order valence-corrected chi connectivity index (χ3v) is 8.40. The highest BCUT2D eigenvalue weighted by molar-refractivity contribution is 9.13. The Bertz CT molecular complexity index is 1280. The number of hydrogen-bond donors (Lipinski definition) is 0. The molecular formula is C26H20Br2ClNO4S. The number of nitrogens with zero attached hydrogens (tertiary/aromatic N) is 1. The maximum absolute atomic E-state index is 13.0. The molecule has 1 fully saturated rings. The molecule has 1 aliphatic heterocycles. The van der Waals surface area contributed by atoms with E-state index in [4.69, 9.17) is 21.1 Å². The zero-order chi connectivity index (χ0) is 24.9. The number of imide groups is 1. The summed E-state index contributed by atoms with van der Waals surface area (Å²) in [6.45, 7) is 2.88. The van der Waals surface area contributed by atoms with Crippen LogP contribution in [0.1, 0.15) is 23.6 Å². The van der Waals surface area contributed by atoms with Crippen LogP contribution >= 0.6 is 55.2 Å². The van der Waals surface area contributed by atoms with E-state index in [1.165, 1.54) is 4.90 Å². The Morgan fingerprint density at radius 1 is 0.971 bits per heavy atom. The third kappa shape index (κ3) is 6.12. The first kappa shape index (κ1) is 25.8. The number of hydrogen-bond acceptors (Lipinski definition) is 5. The van der Waals surface area contributed by atoms with E-state index < -0.39 is 0 Å². The fourth-order valence-corrected chi connectivity index (χ4v) is 5.29. The minimum atomic E-state index is -0.347. The van der Waals surface area contributed by atoms with Gasteiger partial charge in [-0.15, -0.1) is 0 Å². The SMILES string of the molecule is CCOc1cc(/C=C2\SC(=O)N(Cc3ccc(Cl)cc3)C2=O)c(Br)c(Br)c1OCc1ccccc1. The molecule has 3 aromatic carbocycles. The maximum atomic E-state index is 13.0. The van der Waals surface area contributed by atoms with E-state index in [9.17, 15) is 9.59 Å². The Morgan fingerprint density at radius 2 is 1.69 bits per heavy atom. The van der Waals surface area contributed by atoms with Crippen LogP contribution in [0.4, 0.5) is 4.79 Å². The molecule has 0 aromatic heterocycles. The fraction of sp³-hybridized carbons (Fsp3) is 0.154. The van der Waals surface area contributed by atoms with Crippen LogP contribution in [0.15, 0.2) is 74.5 Å². The van der Waals surface area contributed by atoms with Crippen molar-refractivity contribution in [3.05, 3.63) is 96.2 Å². The van der Waals surface area contributed by atoms with Crippen molar-refractivity contribution in [2.45, 2.75) is 20.1 Å². The van der Waals surface area contributed by atoms with Gasteiger partial charge < -0.3 is 9.47 Å². The lowest BCUT2D eigenvalue weighted by molar-refractivity contribution is -0.123. The first-order valence-corrected chi connectivity index (χ1v) is 13.5. The Kier molecular flexibility index (Phi) is 8.59. The molecule has 3 aromatic rings. The number of carbonyl (C=O) groups is 2. The molecule has 0 radical (unpaired) electrons. The van der Waals surface area contributed by atoms with Crippen LogP contribution in [-0.2, 0) is 17.9 Å². The second-order valence-corrected chi connectivity index (χ2v) is 10.5. The van der Waals surface area contributed by atoms with Gasteiger partial charge in [-0.25, -0.2) is 0 Å². The normalized spacial score (nSPS) is 14.6. The summed E-state index contributed by atoms with van der Waals surface area (Å²) in [6.07, 6.45) is 1.69. The second-order valence-electron chi connectivity index (χ2n) is 7.52. The van der Waals surface area contributed by atoms with Crippen LogP contribution in [0.3, 0.4) is 0 Å². The second kappa shape index (κ2) is 11.6. The number of thioether (sulfide) groups is 1. The molecule has 0 aliphatic carbocycles. The molecule has 1 heterocycles. The summed E-state index contributed by atoms with van der Waals surface area (Å²) in [6, 6.07) is 18.7. The van der Waals surface area contributed by atoms with Crippen molar-refractivity contribution < 1.29 is 19.1 Å². The molecular weight excluding hydrogens is 618 g/mol. The highest BCUT2D eigenvalue weighted by Crippen LogP contribution is 2.45. The van der Waals surface area contributed by atoms with Crippen molar-refractivity contribution in [1.29, 1.82) is 0 Å². The molecule has 0 atom stereocenters. The van der Waals surface area contributed by atoms with Crippen molar-refractivity contribution in [2.75, 3.05) is 6.61 Å². The van der Waals surface area contributed by atoms with E-state index in [-0.39, 0.29) is 17.7 Å². The summed E-state index contributed by atoms with van der Waals surface area (Å²) >= 11 is 14.0. The van der Waals surface area contributed by atoms with Gasteiger partial charge in [0.1, 0.15) is 6.61 Å². The zero-order valence-corrected chi connectivity index (χ0v) is 23.3. The predicted octanol–water partition coefficient (Wildman–Crippen LogP) is 8.08. The van der Waals surface area contributed by atoms with Gasteiger partial charge in [-0.1, -0.05) is 54.1 Å². The van der Waals surface area contributed by atoms with Gasteiger partial charge in [0.25, 0.3) is 11.1 Å². The lowest BCUT2D eigenvalue weighted by atomic mass is 10.1. The number of carbonyl (C=O) groups excluding carboxylic acids is 2. The predicted molar refractivity (Wildman–Crippen MR) is 147 cm³/mol. The van der Waals surface area contributed by atoms with Crippen LogP contribution in [-0.4, -0.2) is 22.7 Å². The fourth-order valence-electron chi connectivity index (χ4n) is 3.39. The van der Waals surface area contributed by atoms with E-state index in [2.05, 4.69) is 31.9 Å². The summed E-state index contributed by atoms with van der Waals surface area (Å²) in [4.78, 5) is 27.2. The van der Waals surface area contributed by atoms with Gasteiger partial charge in [0.05, 0.1) is 22.5 Å². The summed E-state index contributed by atoms with van der Waals surface area (Å²) < 4.78 is 13.3. The van der Waals surface area contributed by atoms with Crippen LogP contribution < -0.4 is 9.47 Å².